The average molecular weight is 350 g/mol. The Morgan fingerprint density at radius 1 is 1.19 bits per heavy atom. The topological polar surface area (TPSA) is 48.3 Å². The van der Waals surface area contributed by atoms with Crippen LogP contribution in [0.3, 0.4) is 0 Å². The van der Waals surface area contributed by atoms with E-state index < -0.39 is 0 Å². The van der Waals surface area contributed by atoms with E-state index in [0.29, 0.717) is 19.3 Å². The van der Waals surface area contributed by atoms with E-state index in [2.05, 4.69) is 39.2 Å². The van der Waals surface area contributed by atoms with E-state index in [1.165, 1.54) is 37.1 Å². The molecule has 4 rings (SSSR count). The zero-order valence-electron chi connectivity index (χ0n) is 15.3. The van der Waals surface area contributed by atoms with Crippen LogP contribution in [0.4, 0.5) is 5.69 Å². The van der Waals surface area contributed by atoms with Gasteiger partial charge in [-0.2, -0.15) is 10.2 Å². The van der Waals surface area contributed by atoms with Crippen LogP contribution < -0.4 is 4.90 Å². The Hall–Kier alpha value is -2.19. The van der Waals surface area contributed by atoms with Gasteiger partial charge in [0.15, 0.2) is 5.66 Å². The van der Waals surface area contributed by atoms with E-state index in [1.54, 1.807) is 0 Å². The molecule has 0 unspecified atom stereocenters. The third-order valence-corrected chi connectivity index (χ3v) is 5.81. The molecule has 3 aliphatic rings. The van der Waals surface area contributed by atoms with Crippen molar-refractivity contribution in [1.82, 2.24) is 4.90 Å². The molecule has 0 atom stereocenters. The summed E-state index contributed by atoms with van der Waals surface area (Å²) < 4.78 is 0. The van der Waals surface area contributed by atoms with E-state index in [4.69, 9.17) is 6.42 Å². The summed E-state index contributed by atoms with van der Waals surface area (Å²) in [5.41, 5.74) is 3.48. The number of likely N-dealkylation sites (tertiary alicyclic amines) is 1. The molecule has 1 amide bonds. The van der Waals surface area contributed by atoms with Crippen molar-refractivity contribution < 1.29 is 4.79 Å². The van der Waals surface area contributed by atoms with Crippen molar-refractivity contribution in [2.45, 2.75) is 57.2 Å². The number of hydrogen-bond acceptors (Lipinski definition) is 4. The predicted molar refractivity (Wildman–Crippen MR) is 102 cm³/mol. The lowest BCUT2D eigenvalue weighted by Crippen LogP contribution is -2.30. The maximum atomic E-state index is 12.8. The average Bonchev–Trinajstić information content (AvgIpc) is 3.05. The first-order valence-electron chi connectivity index (χ1n) is 9.72. The minimum Gasteiger partial charge on any atom is -0.312 e. The number of terminal acetylenes is 1. The number of nitrogens with zero attached hydrogens (tertiary/aromatic N) is 4. The van der Waals surface area contributed by atoms with Crippen LogP contribution in [0.25, 0.3) is 0 Å². The van der Waals surface area contributed by atoms with Gasteiger partial charge in [0.2, 0.25) is 5.91 Å². The fraction of sp³-hybridized carbons (Fsp3) is 0.571. The molecule has 1 aromatic carbocycles. The SMILES string of the molecule is C#CCCC1(CCC(=O)N2CCc3c(CN4CCCC4)cccc32)N=N1. The van der Waals surface area contributed by atoms with Crippen molar-refractivity contribution in [2.24, 2.45) is 10.2 Å². The quantitative estimate of drug-likeness (QED) is 0.706. The van der Waals surface area contributed by atoms with Gasteiger partial charge in [-0.05, 0) is 49.5 Å². The summed E-state index contributed by atoms with van der Waals surface area (Å²) in [6, 6.07) is 6.41. The van der Waals surface area contributed by atoms with Crippen molar-refractivity contribution in [2.75, 3.05) is 24.5 Å². The highest BCUT2D eigenvalue weighted by Crippen LogP contribution is 2.39. The third kappa shape index (κ3) is 3.52. The highest BCUT2D eigenvalue weighted by molar-refractivity contribution is 5.95. The smallest absolute Gasteiger partial charge is 0.227 e. The van der Waals surface area contributed by atoms with Crippen LogP contribution in [-0.4, -0.2) is 36.1 Å². The second kappa shape index (κ2) is 7.20. The Balaban J connectivity index is 1.39. The molecule has 1 fully saturated rings. The largest absolute Gasteiger partial charge is 0.312 e. The molecule has 1 aromatic rings. The van der Waals surface area contributed by atoms with Gasteiger partial charge in [0.25, 0.3) is 0 Å². The number of fused-ring (bicyclic) bond motifs is 1. The lowest BCUT2D eigenvalue weighted by molar-refractivity contribution is -0.118. The molecule has 1 saturated heterocycles. The Kier molecular flexibility index (Phi) is 4.78. The number of anilines is 1. The van der Waals surface area contributed by atoms with Crippen molar-refractivity contribution in [3.05, 3.63) is 29.3 Å². The fourth-order valence-corrected chi connectivity index (χ4v) is 4.21. The summed E-state index contributed by atoms with van der Waals surface area (Å²) in [4.78, 5) is 17.3. The molecule has 0 saturated carbocycles. The fourth-order valence-electron chi connectivity index (χ4n) is 4.21. The Morgan fingerprint density at radius 3 is 2.73 bits per heavy atom. The van der Waals surface area contributed by atoms with Gasteiger partial charge in [0, 0.05) is 44.5 Å². The molecule has 0 aliphatic carbocycles. The predicted octanol–water partition coefficient (Wildman–Crippen LogP) is 3.53. The standard InChI is InChI=1S/C21H26N4O/c1-2-3-11-21(22-23-21)12-9-20(26)25-15-10-18-17(7-6-8-19(18)25)16-24-13-4-5-14-24/h1,6-8H,3-5,9-16H2. The molecule has 136 valence electrons. The number of carbonyl (C=O) groups is 1. The lowest BCUT2D eigenvalue weighted by atomic mass is 10.0. The van der Waals surface area contributed by atoms with Crippen molar-refractivity contribution in [3.63, 3.8) is 0 Å². The van der Waals surface area contributed by atoms with Crippen LogP contribution in [0.2, 0.25) is 0 Å². The van der Waals surface area contributed by atoms with Crippen LogP contribution >= 0.6 is 0 Å². The number of hydrogen-bond donors (Lipinski definition) is 0. The van der Waals surface area contributed by atoms with E-state index in [1.807, 2.05) is 4.90 Å². The molecule has 3 heterocycles. The first-order valence-corrected chi connectivity index (χ1v) is 9.72. The van der Waals surface area contributed by atoms with Gasteiger partial charge in [-0.1, -0.05) is 12.1 Å². The maximum Gasteiger partial charge on any atom is 0.227 e. The summed E-state index contributed by atoms with van der Waals surface area (Å²) in [6.45, 7) is 4.19. The summed E-state index contributed by atoms with van der Waals surface area (Å²) in [5.74, 6) is 2.82. The molecule has 3 aliphatic heterocycles. The summed E-state index contributed by atoms with van der Waals surface area (Å²) in [7, 11) is 0. The molecule has 0 bridgehead atoms. The first-order chi connectivity index (χ1) is 12.7. The number of amides is 1. The van der Waals surface area contributed by atoms with E-state index in [9.17, 15) is 4.79 Å². The van der Waals surface area contributed by atoms with Crippen LogP contribution in [0.15, 0.2) is 28.4 Å². The Labute approximate surface area is 155 Å². The molecule has 5 nitrogen and oxygen atoms in total. The van der Waals surface area contributed by atoms with Gasteiger partial charge in [-0.3, -0.25) is 9.69 Å². The summed E-state index contributed by atoms with van der Waals surface area (Å²) in [5, 5.41) is 8.28. The van der Waals surface area contributed by atoms with E-state index >= 15 is 0 Å². The Bertz CT molecular complexity index is 752. The van der Waals surface area contributed by atoms with Crippen LogP contribution in [0.5, 0.6) is 0 Å². The van der Waals surface area contributed by atoms with Gasteiger partial charge in [-0.15, -0.1) is 12.3 Å². The molecule has 0 N–H and O–H groups in total. The summed E-state index contributed by atoms with van der Waals surface area (Å²) >= 11 is 0. The Morgan fingerprint density at radius 2 is 2.00 bits per heavy atom. The number of benzene rings is 1. The normalized spacial score (nSPS) is 20.2. The summed E-state index contributed by atoms with van der Waals surface area (Å²) in [6.07, 6.45) is 11.5. The van der Waals surface area contributed by atoms with Gasteiger partial charge in [0.1, 0.15) is 0 Å². The molecular weight excluding hydrogens is 324 g/mol. The lowest BCUT2D eigenvalue weighted by Gasteiger charge is -2.20. The van der Waals surface area contributed by atoms with Crippen LogP contribution in [0.1, 0.15) is 49.7 Å². The molecule has 0 radical (unpaired) electrons. The van der Waals surface area contributed by atoms with Crippen LogP contribution in [0, 0.1) is 12.3 Å². The minimum atomic E-state index is -0.373. The van der Waals surface area contributed by atoms with E-state index in [-0.39, 0.29) is 11.6 Å². The molecule has 0 spiro atoms. The number of carbonyl (C=O) groups excluding carboxylic acids is 1. The minimum absolute atomic E-state index is 0.180. The highest BCUT2D eigenvalue weighted by Gasteiger charge is 2.40. The third-order valence-electron chi connectivity index (χ3n) is 5.81. The monoisotopic (exact) mass is 350 g/mol. The van der Waals surface area contributed by atoms with Gasteiger partial charge in [0.05, 0.1) is 0 Å². The molecule has 5 heteroatoms. The maximum absolute atomic E-state index is 12.8. The zero-order valence-corrected chi connectivity index (χ0v) is 15.3. The molecule has 0 aromatic heterocycles. The number of rotatable bonds is 7. The molecular formula is C21H26N4O. The van der Waals surface area contributed by atoms with Gasteiger partial charge < -0.3 is 4.90 Å². The van der Waals surface area contributed by atoms with Gasteiger partial charge >= 0.3 is 0 Å². The second-order valence-electron chi connectivity index (χ2n) is 7.58. The van der Waals surface area contributed by atoms with E-state index in [0.717, 1.165) is 31.6 Å². The molecule has 26 heavy (non-hydrogen) atoms. The second-order valence-corrected chi connectivity index (χ2v) is 7.58. The van der Waals surface area contributed by atoms with Crippen molar-refractivity contribution in [3.8, 4) is 12.3 Å². The highest BCUT2D eigenvalue weighted by atomic mass is 16.2. The zero-order chi connectivity index (χ0) is 18.0. The van der Waals surface area contributed by atoms with Crippen LogP contribution in [-0.2, 0) is 17.8 Å². The first kappa shape index (κ1) is 17.2. The van der Waals surface area contributed by atoms with Gasteiger partial charge in [-0.25, -0.2) is 0 Å². The van der Waals surface area contributed by atoms with Crippen molar-refractivity contribution >= 4 is 11.6 Å². The van der Waals surface area contributed by atoms with Crippen molar-refractivity contribution in [1.29, 1.82) is 0 Å².